The SMILES string of the molecule is C[C@@]([Si])(CNC(=O)c1ccc2c(c1)nc(CN1CCC(c3cccc(OCc4ccc(Cl)cc4F)n3)CC1)n2CC1CCO1)C(=O)N1C[C@H](O)C[C@H]1C(=O)O. The van der Waals surface area contributed by atoms with E-state index in [-0.39, 0.29) is 38.1 Å². The van der Waals surface area contributed by atoms with Crippen molar-refractivity contribution in [3.05, 3.63) is 88.1 Å². The number of β-amino-alcohol motifs (C(OH)–C–C–N with tert-alkyl or cyclic N) is 1. The first kappa shape index (κ1) is 38.8. The van der Waals surface area contributed by atoms with Crippen molar-refractivity contribution in [2.45, 2.75) is 81.5 Å². The lowest BCUT2D eigenvalue weighted by molar-refractivity contribution is -0.149. The Morgan fingerprint density at radius 1 is 1.11 bits per heavy atom. The van der Waals surface area contributed by atoms with Gasteiger partial charge in [0, 0.05) is 75.2 Å². The van der Waals surface area contributed by atoms with Crippen LogP contribution in [0.4, 0.5) is 4.39 Å². The topological polar surface area (TPSA) is 159 Å². The Hall–Kier alpha value is -4.41. The van der Waals surface area contributed by atoms with Gasteiger partial charge in [0.15, 0.2) is 0 Å². The van der Waals surface area contributed by atoms with Crippen molar-refractivity contribution in [1.82, 2.24) is 29.7 Å². The summed E-state index contributed by atoms with van der Waals surface area (Å²) >= 11 is 5.88. The summed E-state index contributed by atoms with van der Waals surface area (Å²) in [7, 11) is 3.46. The van der Waals surface area contributed by atoms with Gasteiger partial charge in [-0.05, 0) is 68.8 Å². The third-order valence-corrected chi connectivity index (χ3v) is 11.3. The molecule has 0 bridgehead atoms. The molecule has 3 saturated heterocycles. The zero-order valence-electron chi connectivity index (χ0n) is 30.4. The molecule has 289 valence electrons. The van der Waals surface area contributed by atoms with Crippen LogP contribution in [0.3, 0.4) is 0 Å². The summed E-state index contributed by atoms with van der Waals surface area (Å²) in [5.41, 5.74) is 3.28. The van der Waals surface area contributed by atoms with E-state index in [4.69, 9.17) is 31.0 Å². The normalized spacial score (nSPS) is 21.6. The van der Waals surface area contributed by atoms with Gasteiger partial charge < -0.3 is 34.5 Å². The van der Waals surface area contributed by atoms with Crippen LogP contribution in [-0.4, -0.2) is 114 Å². The van der Waals surface area contributed by atoms with E-state index in [0.717, 1.165) is 60.9 Å². The molecule has 2 aromatic carbocycles. The molecule has 1 unspecified atom stereocenters. The highest BCUT2D eigenvalue weighted by Crippen LogP contribution is 2.31. The lowest BCUT2D eigenvalue weighted by Gasteiger charge is -2.32. The van der Waals surface area contributed by atoms with Gasteiger partial charge in [-0.3, -0.25) is 14.5 Å². The third kappa shape index (κ3) is 8.86. The van der Waals surface area contributed by atoms with Crippen molar-refractivity contribution < 1.29 is 38.5 Å². The minimum atomic E-state index is -1.30. The molecule has 13 nitrogen and oxygen atoms in total. The highest BCUT2D eigenvalue weighted by atomic mass is 35.5. The summed E-state index contributed by atoms with van der Waals surface area (Å²) in [5, 5.41) is 21.4. The zero-order valence-corrected chi connectivity index (χ0v) is 32.2. The molecule has 55 heavy (non-hydrogen) atoms. The van der Waals surface area contributed by atoms with Crippen molar-refractivity contribution >= 4 is 50.7 Å². The summed E-state index contributed by atoms with van der Waals surface area (Å²) in [5.74, 6) is -0.976. The number of carboxylic acids is 1. The predicted octanol–water partition coefficient (Wildman–Crippen LogP) is 4.09. The summed E-state index contributed by atoms with van der Waals surface area (Å²) in [4.78, 5) is 51.6. The average molecular weight is 790 g/mol. The lowest BCUT2D eigenvalue weighted by atomic mass is 9.93. The maximum absolute atomic E-state index is 14.2. The molecule has 3 aliphatic rings. The van der Waals surface area contributed by atoms with E-state index in [2.05, 4.69) is 25.0 Å². The van der Waals surface area contributed by atoms with Gasteiger partial charge >= 0.3 is 5.97 Å². The molecule has 4 aromatic rings. The number of benzene rings is 2. The number of pyridine rings is 1. The summed E-state index contributed by atoms with van der Waals surface area (Å²) in [6.07, 6.45) is 1.86. The number of hydrogen-bond donors (Lipinski definition) is 3. The molecule has 0 aliphatic carbocycles. The highest BCUT2D eigenvalue weighted by molar-refractivity contribution is 6.30. The molecule has 7 rings (SSSR count). The van der Waals surface area contributed by atoms with E-state index in [1.165, 1.54) is 6.07 Å². The van der Waals surface area contributed by atoms with Gasteiger partial charge in [-0.15, -0.1) is 0 Å². The number of halogens is 2. The van der Waals surface area contributed by atoms with Gasteiger partial charge in [-0.1, -0.05) is 30.7 Å². The number of imidazole rings is 1. The average Bonchev–Trinajstić information content (AvgIpc) is 3.71. The second kappa shape index (κ2) is 16.4. The quantitative estimate of drug-likeness (QED) is 0.169. The number of carbonyl (C=O) groups is 3. The molecule has 5 heterocycles. The minimum Gasteiger partial charge on any atom is -0.480 e. The van der Waals surface area contributed by atoms with Crippen LogP contribution in [0.5, 0.6) is 5.88 Å². The number of fused-ring (bicyclic) bond motifs is 1. The molecule has 2 aromatic heterocycles. The Labute approximate surface area is 326 Å². The van der Waals surface area contributed by atoms with Crippen LogP contribution in [0, 0.1) is 5.82 Å². The Balaban J connectivity index is 0.986. The predicted molar refractivity (Wildman–Crippen MR) is 202 cm³/mol. The summed E-state index contributed by atoms with van der Waals surface area (Å²) in [6, 6.07) is 14.4. The maximum atomic E-state index is 14.2. The van der Waals surface area contributed by atoms with Crippen LogP contribution < -0.4 is 10.1 Å². The smallest absolute Gasteiger partial charge is 0.326 e. The van der Waals surface area contributed by atoms with Crippen LogP contribution in [0.15, 0.2) is 54.6 Å². The summed E-state index contributed by atoms with van der Waals surface area (Å²) < 4.78 is 28.0. The molecule has 3 radical (unpaired) electrons. The van der Waals surface area contributed by atoms with Crippen molar-refractivity contribution in [3.63, 3.8) is 0 Å². The first-order valence-electron chi connectivity index (χ1n) is 18.5. The van der Waals surface area contributed by atoms with Crippen molar-refractivity contribution in [3.8, 4) is 5.88 Å². The molecule has 4 atom stereocenters. The fourth-order valence-corrected chi connectivity index (χ4v) is 7.81. The van der Waals surface area contributed by atoms with Gasteiger partial charge in [0.1, 0.15) is 24.3 Å². The first-order chi connectivity index (χ1) is 26.3. The number of aromatic nitrogens is 3. The molecule has 3 aliphatic heterocycles. The molecule has 2 amide bonds. The van der Waals surface area contributed by atoms with Crippen LogP contribution in [0.1, 0.15) is 66.0 Å². The van der Waals surface area contributed by atoms with E-state index in [1.54, 1.807) is 37.3 Å². The lowest BCUT2D eigenvalue weighted by Crippen LogP contribution is -2.48. The molecule has 16 heteroatoms. The Kier molecular flexibility index (Phi) is 11.6. The molecule has 0 spiro atoms. The number of nitrogens with zero attached hydrogens (tertiary/aromatic N) is 5. The van der Waals surface area contributed by atoms with E-state index < -0.39 is 40.8 Å². The molecular formula is C39H43ClFN6O7Si. The number of amides is 2. The van der Waals surface area contributed by atoms with Gasteiger partial charge in [0.05, 0.1) is 36.3 Å². The Bertz CT molecular complexity index is 2070. The fraction of sp³-hybridized carbons (Fsp3) is 0.462. The monoisotopic (exact) mass is 789 g/mol. The maximum Gasteiger partial charge on any atom is 0.326 e. The van der Waals surface area contributed by atoms with E-state index in [0.29, 0.717) is 40.6 Å². The van der Waals surface area contributed by atoms with Gasteiger partial charge in [0.2, 0.25) is 11.8 Å². The van der Waals surface area contributed by atoms with E-state index in [1.807, 2.05) is 18.2 Å². The van der Waals surface area contributed by atoms with Crippen molar-refractivity contribution in [2.75, 3.05) is 32.8 Å². The van der Waals surface area contributed by atoms with Crippen LogP contribution in [0.25, 0.3) is 11.0 Å². The number of rotatable bonds is 13. The molecule has 3 fully saturated rings. The van der Waals surface area contributed by atoms with Crippen LogP contribution in [-0.2, 0) is 34.0 Å². The van der Waals surface area contributed by atoms with E-state index in [9.17, 15) is 29.0 Å². The van der Waals surface area contributed by atoms with Crippen LogP contribution >= 0.6 is 11.6 Å². The Morgan fingerprint density at radius 3 is 2.60 bits per heavy atom. The number of aliphatic carboxylic acids is 1. The number of aliphatic hydroxyl groups excluding tert-OH is 1. The fourth-order valence-electron chi connectivity index (χ4n) is 7.42. The van der Waals surface area contributed by atoms with Crippen LogP contribution in [0.2, 0.25) is 10.1 Å². The standard InChI is InChI=1S/C39H43ClFN6O7Si/c1-39(55,38(52)47-18-27(48)17-33(47)37(50)51)22-42-36(49)24-6-8-32-31(15-24)43-34(46(32)19-28-11-14-53-28)20-45-12-9-23(10-13-45)30-3-2-4-35(44-30)54-21-25-5-7-26(40)16-29(25)41/h2-8,15-16,23,27-28,33,48H,9-14,17-22H2,1H3,(H,42,49)(H,50,51)/t27-,28?,33+,39-/m1/s1. The van der Waals surface area contributed by atoms with Gasteiger partial charge in [0.25, 0.3) is 5.91 Å². The summed E-state index contributed by atoms with van der Waals surface area (Å²) in [6.45, 7) is 5.07. The van der Waals surface area contributed by atoms with Gasteiger partial charge in [-0.2, -0.15) is 0 Å². The molecular weight excluding hydrogens is 747 g/mol. The van der Waals surface area contributed by atoms with Gasteiger partial charge in [-0.25, -0.2) is 19.2 Å². The second-order valence-electron chi connectivity index (χ2n) is 14.8. The highest BCUT2D eigenvalue weighted by Gasteiger charge is 2.44. The van der Waals surface area contributed by atoms with Crippen molar-refractivity contribution in [1.29, 1.82) is 0 Å². The largest absolute Gasteiger partial charge is 0.480 e. The molecule has 3 N–H and O–H groups in total. The number of aliphatic hydroxyl groups is 1. The molecule has 0 saturated carbocycles. The number of nitrogens with one attached hydrogen (secondary N) is 1. The number of likely N-dealkylation sites (tertiary alicyclic amines) is 2. The number of carbonyl (C=O) groups excluding carboxylic acids is 2. The number of ether oxygens (including phenoxy) is 2. The number of piperidine rings is 1. The first-order valence-corrected chi connectivity index (χ1v) is 19.3. The Morgan fingerprint density at radius 2 is 1.89 bits per heavy atom. The zero-order chi connectivity index (χ0) is 38.9. The second-order valence-corrected chi connectivity index (χ2v) is 16.4. The van der Waals surface area contributed by atoms with E-state index >= 15 is 0 Å². The van der Waals surface area contributed by atoms with Crippen molar-refractivity contribution in [2.24, 2.45) is 0 Å². The number of carboxylic acid groups (broad SMARTS) is 1. The number of hydrogen-bond acceptors (Lipinski definition) is 9. The minimum absolute atomic E-state index is 0.0465. The third-order valence-electron chi connectivity index (χ3n) is 10.7.